The summed E-state index contributed by atoms with van der Waals surface area (Å²) in [5, 5.41) is 13.2. The van der Waals surface area contributed by atoms with Crippen LogP contribution in [0.3, 0.4) is 0 Å². The summed E-state index contributed by atoms with van der Waals surface area (Å²) in [6.07, 6.45) is 1.58. The molecule has 0 aliphatic carbocycles. The lowest BCUT2D eigenvalue weighted by molar-refractivity contribution is 0.102. The van der Waals surface area contributed by atoms with E-state index in [0.29, 0.717) is 28.0 Å². The van der Waals surface area contributed by atoms with Gasteiger partial charge in [-0.3, -0.25) is 14.2 Å². The van der Waals surface area contributed by atoms with Gasteiger partial charge in [-0.05, 0) is 48.6 Å². The Labute approximate surface area is 158 Å². The van der Waals surface area contributed by atoms with Crippen LogP contribution in [-0.4, -0.2) is 20.6 Å². The van der Waals surface area contributed by atoms with E-state index in [-0.39, 0.29) is 21.8 Å². The summed E-state index contributed by atoms with van der Waals surface area (Å²) in [5.41, 5.74) is 0.673. The molecule has 0 aliphatic heterocycles. The number of aromatic hydroxyl groups is 1. The van der Waals surface area contributed by atoms with E-state index in [1.165, 1.54) is 34.9 Å². The van der Waals surface area contributed by atoms with Gasteiger partial charge in [0.15, 0.2) is 4.77 Å². The molecular formula is C18H14ClN3O3S. The summed E-state index contributed by atoms with van der Waals surface area (Å²) >= 11 is 11.1. The number of allylic oxidation sites excluding steroid dienone is 1. The van der Waals surface area contributed by atoms with Gasteiger partial charge in [0.2, 0.25) is 0 Å². The number of hydrogen-bond donors (Lipinski definition) is 3. The fourth-order valence-electron chi connectivity index (χ4n) is 2.49. The summed E-state index contributed by atoms with van der Waals surface area (Å²) in [7, 11) is 0. The Morgan fingerprint density at radius 1 is 1.35 bits per heavy atom. The molecule has 132 valence electrons. The third-order valence-electron chi connectivity index (χ3n) is 3.76. The summed E-state index contributed by atoms with van der Waals surface area (Å²) in [6, 6.07) is 8.94. The Morgan fingerprint density at radius 2 is 2.12 bits per heavy atom. The molecule has 2 aromatic carbocycles. The molecule has 1 amide bonds. The van der Waals surface area contributed by atoms with Crippen LogP contribution in [0, 0.1) is 4.77 Å². The highest BCUT2D eigenvalue weighted by atomic mass is 35.5. The predicted octanol–water partition coefficient (Wildman–Crippen LogP) is 3.86. The molecule has 0 bridgehead atoms. The number of phenolic OH excluding ortho intramolecular Hbond substituents is 1. The van der Waals surface area contributed by atoms with Gasteiger partial charge in [-0.25, -0.2) is 0 Å². The Hall–Kier alpha value is -2.90. The van der Waals surface area contributed by atoms with Crippen LogP contribution in [0.4, 0.5) is 5.69 Å². The smallest absolute Gasteiger partial charge is 0.262 e. The van der Waals surface area contributed by atoms with Crippen LogP contribution in [0.2, 0.25) is 5.02 Å². The van der Waals surface area contributed by atoms with Gasteiger partial charge in [0.1, 0.15) is 5.75 Å². The molecule has 0 atom stereocenters. The number of benzene rings is 2. The van der Waals surface area contributed by atoms with Gasteiger partial charge in [-0.2, -0.15) is 0 Å². The van der Waals surface area contributed by atoms with Crippen molar-refractivity contribution in [3.8, 4) is 5.75 Å². The van der Waals surface area contributed by atoms with Gasteiger partial charge in [0, 0.05) is 17.1 Å². The Kier molecular flexibility index (Phi) is 4.92. The number of hydrogen-bond acceptors (Lipinski definition) is 4. The summed E-state index contributed by atoms with van der Waals surface area (Å²) in [6.45, 7) is 3.90. The third kappa shape index (κ3) is 3.40. The molecule has 0 fully saturated rings. The first-order valence-electron chi connectivity index (χ1n) is 7.58. The second-order valence-electron chi connectivity index (χ2n) is 5.51. The van der Waals surface area contributed by atoms with E-state index in [0.717, 1.165) is 0 Å². The number of nitrogens with one attached hydrogen (secondary N) is 2. The molecule has 0 saturated carbocycles. The molecule has 1 aromatic heterocycles. The molecule has 6 nitrogen and oxygen atoms in total. The van der Waals surface area contributed by atoms with Gasteiger partial charge >= 0.3 is 0 Å². The molecule has 0 aliphatic rings. The molecule has 0 saturated heterocycles. The van der Waals surface area contributed by atoms with Gasteiger partial charge < -0.3 is 15.4 Å². The Bertz CT molecular complexity index is 1150. The lowest BCUT2D eigenvalue weighted by atomic mass is 10.1. The van der Waals surface area contributed by atoms with Crippen molar-refractivity contribution in [2.45, 2.75) is 6.54 Å². The van der Waals surface area contributed by atoms with Crippen molar-refractivity contribution < 1.29 is 9.90 Å². The number of aromatic amines is 1. The first kappa shape index (κ1) is 17.9. The number of halogens is 1. The van der Waals surface area contributed by atoms with Crippen LogP contribution in [-0.2, 0) is 6.54 Å². The maximum atomic E-state index is 12.5. The van der Waals surface area contributed by atoms with Gasteiger partial charge in [-0.1, -0.05) is 17.7 Å². The predicted molar refractivity (Wildman–Crippen MR) is 105 cm³/mol. The van der Waals surface area contributed by atoms with Crippen LogP contribution in [0.25, 0.3) is 10.9 Å². The van der Waals surface area contributed by atoms with Crippen LogP contribution >= 0.6 is 23.8 Å². The number of phenols is 1. The van der Waals surface area contributed by atoms with Crippen molar-refractivity contribution in [1.82, 2.24) is 9.55 Å². The van der Waals surface area contributed by atoms with Crippen molar-refractivity contribution in [1.29, 1.82) is 0 Å². The Balaban J connectivity index is 2.01. The molecule has 1 heterocycles. The monoisotopic (exact) mass is 387 g/mol. The summed E-state index contributed by atoms with van der Waals surface area (Å²) in [4.78, 5) is 27.9. The van der Waals surface area contributed by atoms with Crippen LogP contribution in [0.1, 0.15) is 10.4 Å². The zero-order chi connectivity index (χ0) is 18.8. The standard InChI is InChI=1S/C18H14ClN3O3S/c1-2-7-22-17(25)12-5-3-10(8-13(12)21-18(22)26)16(24)20-14-9-11(19)4-6-15(14)23/h2-6,8-9,23H,1,7H2,(H,20,24)(H,21,26). The van der Waals surface area contributed by atoms with Gasteiger partial charge in [0.05, 0.1) is 16.6 Å². The molecule has 26 heavy (non-hydrogen) atoms. The molecule has 8 heteroatoms. The molecule has 3 N–H and O–H groups in total. The van der Waals surface area contributed by atoms with E-state index in [1.807, 2.05) is 0 Å². The lowest BCUT2D eigenvalue weighted by Gasteiger charge is -2.09. The number of amides is 1. The number of aromatic nitrogens is 2. The van der Waals surface area contributed by atoms with Crippen molar-refractivity contribution in [2.24, 2.45) is 0 Å². The maximum Gasteiger partial charge on any atom is 0.262 e. The lowest BCUT2D eigenvalue weighted by Crippen LogP contribution is -2.22. The number of carbonyl (C=O) groups excluding carboxylic acids is 1. The van der Waals surface area contributed by atoms with Crippen LogP contribution < -0.4 is 10.9 Å². The first-order chi connectivity index (χ1) is 12.4. The zero-order valence-electron chi connectivity index (χ0n) is 13.5. The largest absolute Gasteiger partial charge is 0.506 e. The minimum absolute atomic E-state index is 0.102. The second kappa shape index (κ2) is 7.15. The minimum Gasteiger partial charge on any atom is -0.506 e. The number of rotatable bonds is 4. The highest BCUT2D eigenvalue weighted by Gasteiger charge is 2.12. The van der Waals surface area contributed by atoms with Gasteiger partial charge in [-0.15, -0.1) is 6.58 Å². The number of nitrogens with zero attached hydrogens (tertiary/aromatic N) is 1. The van der Waals surface area contributed by atoms with Crippen molar-refractivity contribution in [3.05, 3.63) is 74.8 Å². The number of carbonyl (C=O) groups is 1. The number of fused-ring (bicyclic) bond motifs is 1. The fourth-order valence-corrected chi connectivity index (χ4v) is 2.93. The van der Waals surface area contributed by atoms with E-state index in [2.05, 4.69) is 16.9 Å². The number of H-pyrrole nitrogens is 1. The highest BCUT2D eigenvalue weighted by Crippen LogP contribution is 2.27. The average Bonchev–Trinajstić information content (AvgIpc) is 2.61. The van der Waals surface area contributed by atoms with E-state index in [4.69, 9.17) is 23.8 Å². The average molecular weight is 388 g/mol. The molecule has 3 rings (SSSR count). The SMILES string of the molecule is C=CCn1c(=S)[nH]c2cc(C(=O)Nc3cc(Cl)ccc3O)ccc2c1=O. The quantitative estimate of drug-likeness (QED) is 0.360. The molecule has 0 spiro atoms. The number of anilines is 1. The van der Waals surface area contributed by atoms with Crippen molar-refractivity contribution >= 4 is 46.3 Å². The van der Waals surface area contributed by atoms with E-state index < -0.39 is 5.91 Å². The Morgan fingerprint density at radius 3 is 2.85 bits per heavy atom. The van der Waals surface area contributed by atoms with Crippen molar-refractivity contribution in [3.63, 3.8) is 0 Å². The fraction of sp³-hybridized carbons (Fsp3) is 0.0556. The van der Waals surface area contributed by atoms with E-state index >= 15 is 0 Å². The summed E-state index contributed by atoms with van der Waals surface area (Å²) in [5.74, 6) is -0.561. The second-order valence-corrected chi connectivity index (χ2v) is 6.33. The van der Waals surface area contributed by atoms with Crippen LogP contribution in [0.15, 0.2) is 53.8 Å². The maximum absolute atomic E-state index is 12.5. The first-order valence-corrected chi connectivity index (χ1v) is 8.37. The zero-order valence-corrected chi connectivity index (χ0v) is 15.0. The van der Waals surface area contributed by atoms with E-state index in [9.17, 15) is 14.7 Å². The van der Waals surface area contributed by atoms with E-state index in [1.54, 1.807) is 12.1 Å². The normalized spacial score (nSPS) is 10.7. The molecule has 0 unspecified atom stereocenters. The summed E-state index contributed by atoms with van der Waals surface area (Å²) < 4.78 is 1.63. The van der Waals surface area contributed by atoms with Crippen LogP contribution in [0.5, 0.6) is 5.75 Å². The highest BCUT2D eigenvalue weighted by molar-refractivity contribution is 7.71. The minimum atomic E-state index is -0.459. The third-order valence-corrected chi connectivity index (χ3v) is 4.32. The van der Waals surface area contributed by atoms with Crippen molar-refractivity contribution in [2.75, 3.05) is 5.32 Å². The van der Waals surface area contributed by atoms with Gasteiger partial charge in [0.25, 0.3) is 11.5 Å². The topological polar surface area (TPSA) is 87.1 Å². The molecule has 3 aromatic rings. The molecule has 0 radical (unpaired) electrons. The molecular weight excluding hydrogens is 374 g/mol.